The highest BCUT2D eigenvalue weighted by atomic mass is 16.6. The summed E-state index contributed by atoms with van der Waals surface area (Å²) in [4.78, 5) is 51.7. The molecular weight excluding hydrogens is 536 g/mol. The van der Waals surface area contributed by atoms with E-state index in [1.165, 1.54) is 45.9 Å². The van der Waals surface area contributed by atoms with Gasteiger partial charge in [0.25, 0.3) is 0 Å². The highest BCUT2D eigenvalue weighted by Crippen LogP contribution is 2.40. The molecule has 2 unspecified atom stereocenters. The molecule has 228 valence electrons. The molecule has 0 heterocycles. The molecule has 0 amide bonds. The van der Waals surface area contributed by atoms with Crippen LogP contribution in [0.3, 0.4) is 0 Å². The van der Waals surface area contributed by atoms with Gasteiger partial charge in [-0.05, 0) is 66.5 Å². The molecule has 0 saturated heterocycles. The Labute approximate surface area is 240 Å². The fourth-order valence-corrected chi connectivity index (χ4v) is 3.97. The third kappa shape index (κ3) is 8.25. The number of ether oxygens (including phenoxy) is 3. The zero-order valence-corrected chi connectivity index (χ0v) is 24.8. The van der Waals surface area contributed by atoms with Crippen LogP contribution >= 0.6 is 0 Å². The number of aliphatic hydroxyl groups excluding tert-OH is 3. The number of allylic oxidation sites excluding steroid dienone is 3. The van der Waals surface area contributed by atoms with Crippen LogP contribution in [-0.4, -0.2) is 80.2 Å². The van der Waals surface area contributed by atoms with Crippen LogP contribution in [0.25, 0.3) is 0 Å². The van der Waals surface area contributed by atoms with Gasteiger partial charge in [-0.1, -0.05) is 24.8 Å². The fraction of sp³-hybridized carbons (Fsp3) is 0.533. The van der Waals surface area contributed by atoms with Crippen molar-refractivity contribution in [1.29, 1.82) is 0 Å². The van der Waals surface area contributed by atoms with Gasteiger partial charge in [-0.3, -0.25) is 4.79 Å². The summed E-state index contributed by atoms with van der Waals surface area (Å²) in [6.07, 6.45) is -3.65. The number of rotatable bonds is 11. The lowest BCUT2D eigenvalue weighted by molar-refractivity contribution is -0.210. The van der Waals surface area contributed by atoms with Crippen LogP contribution in [0.4, 0.5) is 0 Å². The summed E-state index contributed by atoms with van der Waals surface area (Å²) in [6.45, 7) is 15.5. The molecule has 7 atom stereocenters. The van der Waals surface area contributed by atoms with Crippen LogP contribution in [0.2, 0.25) is 0 Å². The summed E-state index contributed by atoms with van der Waals surface area (Å²) < 4.78 is 16.4. The van der Waals surface area contributed by atoms with Crippen molar-refractivity contribution >= 4 is 23.7 Å². The number of hydrogen-bond acceptors (Lipinski definition) is 11. The quantitative estimate of drug-likeness (QED) is 0.0932. The molecule has 0 bridgehead atoms. The van der Waals surface area contributed by atoms with Gasteiger partial charge in [0.2, 0.25) is 5.78 Å². The second-order valence-corrected chi connectivity index (χ2v) is 10.2. The summed E-state index contributed by atoms with van der Waals surface area (Å²) in [5.74, 6) is -5.30. The van der Waals surface area contributed by atoms with Gasteiger partial charge >= 0.3 is 17.9 Å². The van der Waals surface area contributed by atoms with Crippen molar-refractivity contribution in [2.45, 2.75) is 97.9 Å². The molecule has 11 nitrogen and oxygen atoms in total. The number of hydrogen-bond donors (Lipinski definition) is 4. The van der Waals surface area contributed by atoms with Gasteiger partial charge in [0.05, 0.1) is 18.3 Å². The fourth-order valence-electron chi connectivity index (χ4n) is 3.97. The van der Waals surface area contributed by atoms with E-state index in [1.807, 2.05) is 0 Å². The van der Waals surface area contributed by atoms with E-state index >= 15 is 0 Å². The normalized spacial score (nSPS) is 27.5. The molecule has 0 aromatic carbocycles. The first-order chi connectivity index (χ1) is 19.0. The Kier molecular flexibility index (Phi) is 12.9. The summed E-state index contributed by atoms with van der Waals surface area (Å²) in [5, 5.41) is 42.7. The highest BCUT2D eigenvalue weighted by Gasteiger charge is 2.61. The van der Waals surface area contributed by atoms with Crippen LogP contribution in [0.1, 0.15) is 61.8 Å². The topological polar surface area (TPSA) is 177 Å². The number of carbonyl (C=O) groups excluding carboxylic acids is 4. The summed E-state index contributed by atoms with van der Waals surface area (Å²) in [5.41, 5.74) is -2.09. The van der Waals surface area contributed by atoms with Crippen molar-refractivity contribution in [2.75, 3.05) is 0 Å². The number of aliphatic hydroxyl groups is 4. The molecule has 1 aliphatic carbocycles. The van der Waals surface area contributed by atoms with E-state index in [1.54, 1.807) is 20.8 Å². The summed E-state index contributed by atoms with van der Waals surface area (Å²) in [7, 11) is 0. The van der Waals surface area contributed by atoms with Crippen LogP contribution in [0.15, 0.2) is 58.9 Å². The SMILES string of the molecule is C=C(C(CC(O)/C(C)=C/O)OC(=O)/C(C)=C\C)[C@H]1[C@H](O)[C@H](OC(=O)/C(C)=C\C)[C@@](C)(O)C(=O)[C@@H]1OC(=O)/C(C)=C\C. The standard InChI is InChI=1S/C30H42O11/c1-10-15(4)27(35)39-21(13-20(32)18(7)14-31)19(8)22-23(33)26(41-29(37)17(6)12-3)30(9,38)25(34)24(22)40-28(36)16(5)11-2/h10-12,14,20-24,26,31-33,38H,8,13H2,1-7,9H3/b15-10-,16-11-,17-12-,18-14+/t20?,21?,22-,23-,24+,26-,30-/m0/s1. The average molecular weight is 579 g/mol. The van der Waals surface area contributed by atoms with Gasteiger partial charge in [0, 0.05) is 23.1 Å². The lowest BCUT2D eigenvalue weighted by Gasteiger charge is -2.47. The first-order valence-electron chi connectivity index (χ1n) is 13.1. The molecule has 1 fully saturated rings. The maximum atomic E-state index is 13.6. The second kappa shape index (κ2) is 14.9. The van der Waals surface area contributed by atoms with Crippen molar-refractivity contribution in [1.82, 2.24) is 0 Å². The van der Waals surface area contributed by atoms with E-state index in [2.05, 4.69) is 6.58 Å². The van der Waals surface area contributed by atoms with Crippen LogP contribution in [0.5, 0.6) is 0 Å². The predicted octanol–water partition coefficient (Wildman–Crippen LogP) is 2.70. The Morgan fingerprint density at radius 2 is 1.41 bits per heavy atom. The number of carbonyl (C=O) groups is 4. The smallest absolute Gasteiger partial charge is 0.334 e. The molecule has 0 aliphatic heterocycles. The van der Waals surface area contributed by atoms with Gasteiger partial charge in [-0.25, -0.2) is 14.4 Å². The first-order valence-corrected chi connectivity index (χ1v) is 13.1. The Morgan fingerprint density at radius 3 is 1.88 bits per heavy atom. The van der Waals surface area contributed by atoms with Gasteiger partial charge in [-0.2, -0.15) is 0 Å². The Bertz CT molecular complexity index is 1150. The molecule has 0 aromatic rings. The van der Waals surface area contributed by atoms with E-state index < -0.39 is 65.7 Å². The number of ketones is 1. The van der Waals surface area contributed by atoms with E-state index in [9.17, 15) is 39.6 Å². The minimum atomic E-state index is -2.50. The Hall–Kier alpha value is -3.54. The van der Waals surface area contributed by atoms with Crippen LogP contribution in [-0.2, 0) is 33.4 Å². The van der Waals surface area contributed by atoms with Gasteiger partial charge in [-0.15, -0.1) is 0 Å². The van der Waals surface area contributed by atoms with Crippen molar-refractivity contribution in [3.8, 4) is 0 Å². The first kappa shape index (κ1) is 35.5. The third-order valence-electron chi connectivity index (χ3n) is 7.31. The molecule has 1 saturated carbocycles. The highest BCUT2D eigenvalue weighted by molar-refractivity contribution is 5.97. The van der Waals surface area contributed by atoms with E-state index in [4.69, 9.17) is 14.2 Å². The molecule has 0 radical (unpaired) electrons. The Balaban J connectivity index is 3.77. The molecule has 1 aliphatic rings. The minimum Gasteiger partial charge on any atom is -0.516 e. The molecular formula is C30H42O11. The molecule has 1 rings (SSSR count). The lowest BCUT2D eigenvalue weighted by atomic mass is 9.68. The second-order valence-electron chi connectivity index (χ2n) is 10.2. The van der Waals surface area contributed by atoms with Gasteiger partial charge in [0.1, 0.15) is 12.2 Å². The molecule has 4 N–H and O–H groups in total. The van der Waals surface area contributed by atoms with E-state index in [-0.39, 0.29) is 34.3 Å². The van der Waals surface area contributed by atoms with Crippen molar-refractivity contribution in [3.05, 3.63) is 58.9 Å². The van der Waals surface area contributed by atoms with Crippen molar-refractivity contribution in [2.24, 2.45) is 5.92 Å². The van der Waals surface area contributed by atoms with Crippen molar-refractivity contribution < 1.29 is 53.8 Å². The third-order valence-corrected chi connectivity index (χ3v) is 7.31. The van der Waals surface area contributed by atoms with Gasteiger partial charge < -0.3 is 34.6 Å². The lowest BCUT2D eigenvalue weighted by Crippen LogP contribution is -2.68. The zero-order chi connectivity index (χ0) is 31.8. The Morgan fingerprint density at radius 1 is 0.951 bits per heavy atom. The largest absolute Gasteiger partial charge is 0.516 e. The summed E-state index contributed by atoms with van der Waals surface area (Å²) >= 11 is 0. The van der Waals surface area contributed by atoms with E-state index in [0.717, 1.165) is 6.92 Å². The predicted molar refractivity (Wildman–Crippen MR) is 149 cm³/mol. The van der Waals surface area contributed by atoms with Crippen LogP contribution < -0.4 is 0 Å². The maximum absolute atomic E-state index is 13.6. The molecule has 0 spiro atoms. The number of esters is 3. The van der Waals surface area contributed by atoms with Crippen LogP contribution in [0, 0.1) is 5.92 Å². The average Bonchev–Trinajstić information content (AvgIpc) is 2.95. The monoisotopic (exact) mass is 578 g/mol. The maximum Gasteiger partial charge on any atom is 0.334 e. The van der Waals surface area contributed by atoms with E-state index in [0.29, 0.717) is 6.26 Å². The zero-order valence-electron chi connectivity index (χ0n) is 24.8. The minimum absolute atomic E-state index is 0.116. The molecule has 0 aromatic heterocycles. The van der Waals surface area contributed by atoms with Gasteiger partial charge in [0.15, 0.2) is 17.8 Å². The summed E-state index contributed by atoms with van der Waals surface area (Å²) in [6, 6.07) is 0. The molecule has 41 heavy (non-hydrogen) atoms. The molecule has 11 heteroatoms. The van der Waals surface area contributed by atoms with Crippen molar-refractivity contribution in [3.63, 3.8) is 0 Å². The number of Topliss-reactive ketones (excluding diaryl/α,β-unsaturated/α-hetero) is 1.